The van der Waals surface area contributed by atoms with E-state index in [0.717, 1.165) is 18.4 Å². The Hall–Kier alpha value is 0.390. The van der Waals surface area contributed by atoms with E-state index in [4.69, 9.17) is 0 Å². The van der Waals surface area contributed by atoms with Crippen molar-refractivity contribution in [1.29, 1.82) is 0 Å². The first kappa shape index (κ1) is 35.4. The number of amidine groups is 1. The minimum atomic E-state index is -4.05. The van der Waals surface area contributed by atoms with Crippen LogP contribution in [0.3, 0.4) is 0 Å². The number of para-hydroxylation sites is 1. The van der Waals surface area contributed by atoms with E-state index in [2.05, 4.69) is 37.4 Å². The standard InChI is InChI=1S/C27H34N2O4S.3Na/c1-17(2)13-15-27(16-14-18(3)4)20-10-6-5-9-19(20)24(30)23(25(27)31)26-28-21-11-7-8-12-22(21)34(32,33)29-26;;;/h5-12,17-18,30,32-33H,13-16H2,1-4H3,(H,28,29);;;/q;3*+1/p-3. The summed E-state index contributed by atoms with van der Waals surface area (Å²) >= 11 is 0. The van der Waals surface area contributed by atoms with E-state index < -0.39 is 22.0 Å². The maximum absolute atomic E-state index is 14.3. The van der Waals surface area contributed by atoms with Gasteiger partial charge in [0.2, 0.25) is 0 Å². The van der Waals surface area contributed by atoms with Gasteiger partial charge >= 0.3 is 88.7 Å². The molecule has 10 heteroatoms. The number of carbonyl (C=O) groups is 1. The van der Waals surface area contributed by atoms with Crippen LogP contribution in [0.1, 0.15) is 64.5 Å². The van der Waals surface area contributed by atoms with E-state index in [-0.39, 0.29) is 111 Å². The summed E-state index contributed by atoms with van der Waals surface area (Å²) in [4.78, 5) is 14.3. The molecule has 0 unspecified atom stereocenters. The van der Waals surface area contributed by atoms with Crippen LogP contribution in [-0.2, 0) is 10.2 Å². The molecule has 0 spiro atoms. The normalized spacial score (nSPS) is 17.8. The summed E-state index contributed by atoms with van der Waals surface area (Å²) in [5.41, 5.74) is 0.443. The molecule has 0 saturated heterocycles. The average molecular weight is 549 g/mol. The van der Waals surface area contributed by atoms with Crippen LogP contribution in [0.5, 0.6) is 0 Å². The van der Waals surface area contributed by atoms with Gasteiger partial charge in [-0.25, -0.2) is 4.40 Å². The fourth-order valence-electron chi connectivity index (χ4n) is 4.83. The SMILES string of the molecule is CC(C)CCC1(CCC(C)C)C(=O)C(C2=NS([O-])([O-])c3ccccc3N2)=C([O-])c2ccccc21.[Na+].[Na+].[Na+]. The number of ketones is 1. The monoisotopic (exact) mass is 548 g/mol. The average Bonchev–Trinajstić information content (AvgIpc) is 2.78. The Balaban J connectivity index is 0.00000228. The van der Waals surface area contributed by atoms with Gasteiger partial charge in [-0.05, 0) is 60.8 Å². The van der Waals surface area contributed by atoms with Crippen LogP contribution in [0.2, 0.25) is 0 Å². The number of anilines is 1. The second kappa shape index (κ2) is 14.3. The van der Waals surface area contributed by atoms with E-state index in [1.807, 2.05) is 12.1 Å². The molecule has 0 fully saturated rings. The van der Waals surface area contributed by atoms with Crippen molar-refractivity contribution in [3.8, 4) is 0 Å². The molecule has 4 rings (SSSR count). The maximum Gasteiger partial charge on any atom is 1.00 e. The summed E-state index contributed by atoms with van der Waals surface area (Å²) in [6.45, 7) is 8.45. The zero-order chi connectivity index (χ0) is 24.7. The molecule has 0 radical (unpaired) electrons. The molecule has 2 aromatic rings. The summed E-state index contributed by atoms with van der Waals surface area (Å²) in [6, 6.07) is 13.6. The molecule has 182 valence electrons. The van der Waals surface area contributed by atoms with Crippen molar-refractivity contribution in [3.05, 3.63) is 65.2 Å². The van der Waals surface area contributed by atoms with Gasteiger partial charge in [-0.2, -0.15) is 0 Å². The third-order valence-electron chi connectivity index (χ3n) is 6.74. The molecule has 0 amide bonds. The van der Waals surface area contributed by atoms with Gasteiger partial charge < -0.3 is 30.3 Å². The molecule has 1 aliphatic heterocycles. The molecule has 0 saturated carbocycles. The number of fused-ring (bicyclic) bond motifs is 2. The Kier molecular flexibility index (Phi) is 13.7. The Morgan fingerprint density at radius 3 is 2.03 bits per heavy atom. The van der Waals surface area contributed by atoms with E-state index in [0.29, 0.717) is 35.9 Å². The van der Waals surface area contributed by atoms with Crippen molar-refractivity contribution in [2.24, 2.45) is 16.2 Å². The Morgan fingerprint density at radius 1 is 0.892 bits per heavy atom. The summed E-state index contributed by atoms with van der Waals surface area (Å²) < 4.78 is 29.7. The number of hydrogen-bond acceptors (Lipinski definition) is 6. The minimum Gasteiger partial charge on any atom is -0.871 e. The summed E-state index contributed by atoms with van der Waals surface area (Å²) in [7, 11) is -4.05. The van der Waals surface area contributed by atoms with Crippen LogP contribution < -0.4 is 99.1 Å². The largest absolute Gasteiger partial charge is 1.00 e. The number of benzene rings is 2. The van der Waals surface area contributed by atoms with Gasteiger partial charge in [0, 0.05) is 4.90 Å². The second-order valence-electron chi connectivity index (χ2n) is 10.1. The summed E-state index contributed by atoms with van der Waals surface area (Å²) in [5.74, 6) is -0.255. The van der Waals surface area contributed by atoms with Crippen molar-refractivity contribution in [1.82, 2.24) is 0 Å². The van der Waals surface area contributed by atoms with Crippen LogP contribution in [0, 0.1) is 11.8 Å². The second-order valence-corrected chi connectivity index (χ2v) is 11.6. The van der Waals surface area contributed by atoms with Gasteiger partial charge in [0.15, 0.2) is 11.6 Å². The van der Waals surface area contributed by atoms with Crippen LogP contribution in [-0.4, -0.2) is 20.7 Å². The predicted molar refractivity (Wildman–Crippen MR) is 133 cm³/mol. The molecule has 0 bridgehead atoms. The molecule has 1 aliphatic carbocycles. The van der Waals surface area contributed by atoms with Crippen LogP contribution >= 0.6 is 10.8 Å². The predicted octanol–water partition coefficient (Wildman–Crippen LogP) is -3.67. The number of rotatable bonds is 7. The quantitative estimate of drug-likeness (QED) is 0.359. The first-order valence-corrected chi connectivity index (χ1v) is 13.3. The number of sulfonamides is 1. The Morgan fingerprint density at radius 2 is 1.43 bits per heavy atom. The fourth-order valence-corrected chi connectivity index (χ4v) is 5.95. The van der Waals surface area contributed by atoms with Crippen LogP contribution in [0.4, 0.5) is 5.69 Å². The Bertz CT molecular complexity index is 1170. The van der Waals surface area contributed by atoms with Crippen LogP contribution in [0.25, 0.3) is 5.76 Å². The summed E-state index contributed by atoms with van der Waals surface area (Å²) in [5, 5.41) is 16.6. The molecule has 2 aliphatic rings. The topological polar surface area (TPSA) is 111 Å². The molecule has 0 atom stereocenters. The number of carbonyl (C=O) groups excluding carboxylic acids is 1. The van der Waals surface area contributed by atoms with Gasteiger partial charge in [-0.1, -0.05) is 69.9 Å². The van der Waals surface area contributed by atoms with Crippen molar-refractivity contribution in [2.45, 2.75) is 63.7 Å². The first-order chi connectivity index (χ1) is 16.1. The van der Waals surface area contributed by atoms with Gasteiger partial charge in [-0.15, -0.1) is 0 Å². The van der Waals surface area contributed by atoms with E-state index in [1.165, 1.54) is 6.07 Å². The number of hydrogen-bond donors (Lipinski definition) is 1. The van der Waals surface area contributed by atoms with Crippen molar-refractivity contribution in [3.63, 3.8) is 0 Å². The summed E-state index contributed by atoms with van der Waals surface area (Å²) in [6.07, 6.45) is 2.78. The van der Waals surface area contributed by atoms with E-state index in [9.17, 15) is 19.0 Å². The Labute approximate surface area is 288 Å². The third-order valence-corrected chi connectivity index (χ3v) is 8.07. The van der Waals surface area contributed by atoms with Crippen molar-refractivity contribution >= 4 is 33.8 Å². The molecule has 1 N–H and O–H groups in total. The number of nitrogens with zero attached hydrogens (tertiary/aromatic N) is 1. The minimum absolute atomic E-state index is 0. The number of nitrogens with one attached hydrogen (secondary N) is 1. The molecule has 1 heterocycles. The van der Waals surface area contributed by atoms with E-state index in [1.54, 1.807) is 30.3 Å². The van der Waals surface area contributed by atoms with Gasteiger partial charge in [0.1, 0.15) is 0 Å². The first-order valence-electron chi connectivity index (χ1n) is 11.8. The van der Waals surface area contributed by atoms with Gasteiger partial charge in [-0.3, -0.25) is 4.79 Å². The molecule has 6 nitrogen and oxygen atoms in total. The molecule has 37 heavy (non-hydrogen) atoms. The fraction of sp³-hybridized carbons (Fsp3) is 0.407. The third kappa shape index (κ3) is 7.19. The van der Waals surface area contributed by atoms with Crippen molar-refractivity contribution < 1.29 is 108 Å². The van der Waals surface area contributed by atoms with Gasteiger partial charge in [0.25, 0.3) is 0 Å². The molecular formula is C27H31N2Na3O4S. The number of Topliss-reactive ketones (excluding diaryl/α,β-unsaturated/α-hetero) is 1. The molecular weight excluding hydrogens is 517 g/mol. The zero-order valence-electron chi connectivity index (χ0n) is 23.1. The van der Waals surface area contributed by atoms with Gasteiger partial charge in [0.05, 0.1) is 16.7 Å². The van der Waals surface area contributed by atoms with Crippen LogP contribution in [0.15, 0.2) is 63.4 Å². The van der Waals surface area contributed by atoms with Crippen molar-refractivity contribution in [2.75, 3.05) is 5.32 Å². The zero-order valence-corrected chi connectivity index (χ0v) is 29.9. The maximum atomic E-state index is 14.3. The molecule has 0 aromatic heterocycles. The van der Waals surface area contributed by atoms with E-state index >= 15 is 0 Å². The smallest absolute Gasteiger partial charge is 0.871 e. The molecule has 2 aromatic carbocycles.